The lowest BCUT2D eigenvalue weighted by atomic mass is 10.0. The van der Waals surface area contributed by atoms with E-state index >= 15 is 0 Å². The summed E-state index contributed by atoms with van der Waals surface area (Å²) in [5.41, 5.74) is 3.41. The highest BCUT2D eigenvalue weighted by Crippen LogP contribution is 2.26. The van der Waals surface area contributed by atoms with Gasteiger partial charge < -0.3 is 14.6 Å². The molecule has 1 saturated heterocycles. The molecule has 2 aromatic carbocycles. The van der Waals surface area contributed by atoms with E-state index in [9.17, 15) is 4.79 Å². The maximum atomic E-state index is 12.9. The molecule has 3 aromatic rings. The van der Waals surface area contributed by atoms with Gasteiger partial charge >= 0.3 is 0 Å². The molecule has 2 heterocycles. The molecule has 1 aromatic heterocycles. The van der Waals surface area contributed by atoms with E-state index < -0.39 is 0 Å². The van der Waals surface area contributed by atoms with Crippen LogP contribution in [-0.2, 0) is 4.74 Å². The number of fused-ring (bicyclic) bond motifs is 1. The smallest absolute Gasteiger partial charge is 0.198 e. The van der Waals surface area contributed by atoms with Crippen LogP contribution >= 0.6 is 12.6 Å². The number of benzene rings is 2. The summed E-state index contributed by atoms with van der Waals surface area (Å²) in [6.07, 6.45) is 0. The van der Waals surface area contributed by atoms with Crippen LogP contribution in [0.5, 0.6) is 0 Å². The van der Waals surface area contributed by atoms with Crippen LogP contribution in [0.3, 0.4) is 0 Å². The highest BCUT2D eigenvalue weighted by Gasteiger charge is 2.15. The maximum absolute atomic E-state index is 12.9. The van der Waals surface area contributed by atoms with Crippen LogP contribution in [0.4, 0.5) is 5.69 Å². The molecule has 122 valence electrons. The molecule has 4 rings (SSSR count). The van der Waals surface area contributed by atoms with E-state index in [2.05, 4.69) is 22.5 Å². The molecule has 1 aliphatic rings. The molecule has 0 radical (unpaired) electrons. The zero-order valence-corrected chi connectivity index (χ0v) is 14.1. The molecule has 0 saturated carbocycles. The van der Waals surface area contributed by atoms with Crippen LogP contribution in [0.15, 0.2) is 58.4 Å². The molecule has 0 bridgehead atoms. The third kappa shape index (κ3) is 2.70. The lowest BCUT2D eigenvalue weighted by Gasteiger charge is -2.29. The number of hydrogen-bond donors (Lipinski definition) is 2. The molecule has 0 amide bonds. The number of morpholine rings is 1. The summed E-state index contributed by atoms with van der Waals surface area (Å²) in [7, 11) is 0. The Balaban J connectivity index is 1.84. The second-order valence-corrected chi connectivity index (χ2v) is 6.32. The fraction of sp³-hybridized carbons (Fsp3) is 0.211. The number of thiol groups is 1. The molecular formula is C19H18N2O2S. The molecule has 0 atom stereocenters. The average molecular weight is 338 g/mol. The standard InChI is InChI=1S/C19H18N2O2S/c22-18-15-7-6-14(21-8-10-23-11-9-21)12-16(15)20-19(24)17(18)13-4-2-1-3-5-13/h1-7,12H,8-11H2,(H2,20,22,24). The van der Waals surface area contributed by atoms with Gasteiger partial charge in [-0.05, 0) is 23.8 Å². The fourth-order valence-electron chi connectivity index (χ4n) is 3.16. The maximum Gasteiger partial charge on any atom is 0.198 e. The minimum Gasteiger partial charge on any atom is -0.378 e. The van der Waals surface area contributed by atoms with Gasteiger partial charge in [-0.3, -0.25) is 4.79 Å². The molecule has 1 fully saturated rings. The molecule has 1 aliphatic heterocycles. The molecule has 0 spiro atoms. The monoisotopic (exact) mass is 338 g/mol. The number of nitrogens with zero attached hydrogens (tertiary/aromatic N) is 1. The highest BCUT2D eigenvalue weighted by atomic mass is 32.1. The second-order valence-electron chi connectivity index (χ2n) is 5.87. The Labute approximate surface area is 145 Å². The Hall–Kier alpha value is -2.24. The quantitative estimate of drug-likeness (QED) is 0.705. The molecule has 5 heteroatoms. The van der Waals surface area contributed by atoms with E-state index in [1.807, 2.05) is 48.5 Å². The SMILES string of the molecule is O=c1c(-c2ccccc2)c(S)[nH]c2cc(N3CCOCC3)ccc12. The number of hydrogen-bond acceptors (Lipinski definition) is 4. The zero-order chi connectivity index (χ0) is 16.5. The van der Waals surface area contributed by atoms with Gasteiger partial charge in [0, 0.05) is 24.2 Å². The summed E-state index contributed by atoms with van der Waals surface area (Å²) in [6, 6.07) is 15.6. The molecule has 0 aliphatic carbocycles. The van der Waals surface area contributed by atoms with Crippen molar-refractivity contribution in [1.82, 2.24) is 4.98 Å². The number of anilines is 1. The fourth-order valence-corrected chi connectivity index (χ4v) is 3.51. The van der Waals surface area contributed by atoms with E-state index in [0.717, 1.165) is 43.1 Å². The van der Waals surface area contributed by atoms with Crippen molar-refractivity contribution in [2.45, 2.75) is 5.03 Å². The van der Waals surface area contributed by atoms with E-state index in [-0.39, 0.29) is 5.43 Å². The summed E-state index contributed by atoms with van der Waals surface area (Å²) < 4.78 is 5.40. The van der Waals surface area contributed by atoms with Gasteiger partial charge in [-0.15, -0.1) is 12.6 Å². The largest absolute Gasteiger partial charge is 0.378 e. The van der Waals surface area contributed by atoms with E-state index in [1.165, 1.54) is 0 Å². The Morgan fingerprint density at radius 1 is 1.04 bits per heavy atom. The van der Waals surface area contributed by atoms with Crippen LogP contribution < -0.4 is 10.3 Å². The number of ether oxygens (including phenoxy) is 1. The summed E-state index contributed by atoms with van der Waals surface area (Å²) in [4.78, 5) is 18.5. The van der Waals surface area contributed by atoms with Gasteiger partial charge in [0.2, 0.25) is 0 Å². The van der Waals surface area contributed by atoms with Crippen molar-refractivity contribution >= 4 is 29.2 Å². The summed E-state index contributed by atoms with van der Waals surface area (Å²) >= 11 is 4.53. The van der Waals surface area contributed by atoms with Crippen molar-refractivity contribution in [2.24, 2.45) is 0 Å². The lowest BCUT2D eigenvalue weighted by Crippen LogP contribution is -2.36. The van der Waals surface area contributed by atoms with Crippen LogP contribution in [0.25, 0.3) is 22.0 Å². The van der Waals surface area contributed by atoms with Crippen molar-refractivity contribution in [3.05, 3.63) is 58.8 Å². The molecule has 4 nitrogen and oxygen atoms in total. The van der Waals surface area contributed by atoms with Gasteiger partial charge in [0.05, 0.1) is 29.3 Å². The summed E-state index contributed by atoms with van der Waals surface area (Å²) in [5, 5.41) is 1.28. The van der Waals surface area contributed by atoms with Gasteiger partial charge in [0.1, 0.15) is 0 Å². The lowest BCUT2D eigenvalue weighted by molar-refractivity contribution is 0.122. The number of nitrogens with one attached hydrogen (secondary N) is 1. The van der Waals surface area contributed by atoms with Crippen LogP contribution in [0.2, 0.25) is 0 Å². The van der Waals surface area contributed by atoms with Crippen molar-refractivity contribution in [3.63, 3.8) is 0 Å². The average Bonchev–Trinajstić information content (AvgIpc) is 2.63. The predicted molar refractivity (Wildman–Crippen MR) is 100 cm³/mol. The first-order chi connectivity index (χ1) is 11.7. The first kappa shape index (κ1) is 15.3. The second kappa shape index (κ2) is 6.34. The molecule has 24 heavy (non-hydrogen) atoms. The summed E-state index contributed by atoms with van der Waals surface area (Å²) in [5.74, 6) is 0. The summed E-state index contributed by atoms with van der Waals surface area (Å²) in [6.45, 7) is 3.20. The van der Waals surface area contributed by atoms with Gasteiger partial charge in [-0.25, -0.2) is 0 Å². The third-order valence-electron chi connectivity index (χ3n) is 4.40. The molecule has 0 unspecified atom stereocenters. The van der Waals surface area contributed by atoms with Gasteiger partial charge in [0.15, 0.2) is 5.43 Å². The first-order valence-corrected chi connectivity index (χ1v) is 8.46. The van der Waals surface area contributed by atoms with Crippen molar-refractivity contribution in [3.8, 4) is 11.1 Å². The molecule has 1 N–H and O–H groups in total. The van der Waals surface area contributed by atoms with Crippen molar-refractivity contribution in [1.29, 1.82) is 0 Å². The minimum atomic E-state index is 0.00785. The topological polar surface area (TPSA) is 45.3 Å². The highest BCUT2D eigenvalue weighted by molar-refractivity contribution is 7.80. The van der Waals surface area contributed by atoms with E-state index in [4.69, 9.17) is 4.74 Å². The van der Waals surface area contributed by atoms with Crippen LogP contribution in [0, 0.1) is 0 Å². The van der Waals surface area contributed by atoms with E-state index in [0.29, 0.717) is 16.0 Å². The zero-order valence-electron chi connectivity index (χ0n) is 13.2. The van der Waals surface area contributed by atoms with Gasteiger partial charge in [-0.2, -0.15) is 0 Å². The number of H-pyrrole nitrogens is 1. The normalized spacial score (nSPS) is 15.0. The van der Waals surface area contributed by atoms with Crippen molar-refractivity contribution < 1.29 is 4.74 Å². The Bertz CT molecular complexity index is 931. The van der Waals surface area contributed by atoms with Crippen LogP contribution in [-0.4, -0.2) is 31.3 Å². The van der Waals surface area contributed by atoms with Gasteiger partial charge in [0.25, 0.3) is 0 Å². The first-order valence-electron chi connectivity index (χ1n) is 8.01. The number of pyridine rings is 1. The number of aromatic amines is 1. The Morgan fingerprint density at radius 3 is 2.54 bits per heavy atom. The third-order valence-corrected chi connectivity index (χ3v) is 4.74. The van der Waals surface area contributed by atoms with Gasteiger partial charge in [-0.1, -0.05) is 30.3 Å². The number of aromatic nitrogens is 1. The van der Waals surface area contributed by atoms with E-state index in [1.54, 1.807) is 0 Å². The Morgan fingerprint density at radius 2 is 1.79 bits per heavy atom. The predicted octanol–water partition coefficient (Wildman–Crippen LogP) is 3.32. The van der Waals surface area contributed by atoms with Crippen LogP contribution in [0.1, 0.15) is 0 Å². The molecular weight excluding hydrogens is 320 g/mol. The Kier molecular flexibility index (Phi) is 4.04. The number of rotatable bonds is 2. The van der Waals surface area contributed by atoms with Crippen molar-refractivity contribution in [2.75, 3.05) is 31.2 Å². The minimum absolute atomic E-state index is 0.00785.